The number of fused-ring (bicyclic) bond motifs is 3. The summed E-state index contributed by atoms with van der Waals surface area (Å²) in [6.07, 6.45) is -15.5. The highest BCUT2D eigenvalue weighted by Gasteiger charge is 2.51. The van der Waals surface area contributed by atoms with Crippen LogP contribution >= 0.6 is 0 Å². The molecule has 2 saturated heterocycles. The molecule has 0 radical (unpaired) electrons. The third kappa shape index (κ3) is 8.32. The number of hydrogen-bond acceptors (Lipinski definition) is 19. The number of nitrogens with one attached hydrogen (secondary N) is 1. The molecule has 2 aliphatic carbocycles. The van der Waals surface area contributed by atoms with Crippen molar-refractivity contribution in [2.24, 2.45) is 0 Å². The van der Waals surface area contributed by atoms with Crippen LogP contribution in [0.4, 0.5) is 0 Å². The zero-order valence-corrected chi connectivity index (χ0v) is 32.3. The van der Waals surface area contributed by atoms with Gasteiger partial charge in [-0.05, 0) is 39.3 Å². The fourth-order valence-corrected chi connectivity index (χ4v) is 8.17. The number of phenolic OH excluding ortho intramolecular Hbond substituents is 2. The van der Waals surface area contributed by atoms with Crippen molar-refractivity contribution >= 4 is 23.3 Å². The lowest BCUT2D eigenvalue weighted by molar-refractivity contribution is -0.331. The van der Waals surface area contributed by atoms with E-state index >= 15 is 0 Å². The minimum Gasteiger partial charge on any atom is -0.507 e. The monoisotopic (exact) mass is 835 g/mol. The first-order valence-corrected chi connectivity index (χ1v) is 19.1. The number of benzene rings is 2. The Morgan fingerprint density at radius 2 is 1.69 bits per heavy atom. The highest BCUT2D eigenvalue weighted by molar-refractivity contribution is 6.31. The van der Waals surface area contributed by atoms with Gasteiger partial charge in [0.1, 0.15) is 47.8 Å². The number of hydrogen-bond donors (Lipinski definition) is 10. The van der Waals surface area contributed by atoms with E-state index in [1.165, 1.54) is 25.3 Å². The average molecular weight is 836 g/mol. The van der Waals surface area contributed by atoms with Crippen LogP contribution in [0.3, 0.4) is 0 Å². The predicted molar refractivity (Wildman–Crippen MR) is 196 cm³/mol. The molecule has 4 aliphatic rings. The van der Waals surface area contributed by atoms with Gasteiger partial charge < -0.3 is 79.7 Å². The molecule has 0 aromatic heterocycles. The number of aliphatic carboxylic acids is 1. The minimum absolute atomic E-state index is 0.0479. The van der Waals surface area contributed by atoms with Gasteiger partial charge in [-0.15, -0.1) is 0 Å². The fraction of sp³-hybridized carbons (Fsp3) is 0.590. The largest absolute Gasteiger partial charge is 0.507 e. The summed E-state index contributed by atoms with van der Waals surface area (Å²) in [4.78, 5) is 52.2. The van der Waals surface area contributed by atoms with Gasteiger partial charge in [0.25, 0.3) is 0 Å². The molecule has 12 atom stereocenters. The van der Waals surface area contributed by atoms with Crippen molar-refractivity contribution in [1.82, 2.24) is 5.32 Å². The lowest BCUT2D eigenvalue weighted by Gasteiger charge is -2.43. The molecule has 6 rings (SSSR count). The van der Waals surface area contributed by atoms with E-state index in [-0.39, 0.29) is 54.0 Å². The molecule has 20 heteroatoms. The smallest absolute Gasteiger partial charge is 0.335 e. The van der Waals surface area contributed by atoms with Crippen molar-refractivity contribution in [2.75, 3.05) is 26.9 Å². The van der Waals surface area contributed by atoms with Crippen LogP contribution in [0.25, 0.3) is 0 Å². The van der Waals surface area contributed by atoms with Crippen LogP contribution < -0.4 is 10.1 Å². The lowest BCUT2D eigenvalue weighted by atomic mass is 9.72. The molecule has 2 aliphatic heterocycles. The standard InChI is InChI=1S/C39H49NO19/c1-4-55-22(58-38-35(50)33(48)34(49)36(59-38)37(51)52)9-6-10-40-18-11-23(56-15(2)28(18)43)57-20-13-39(53,21(42)14-41)12-17-25(20)32(47)27-26(30(17)45)29(44)16-7-5-8-19(54-3)24(16)31(27)46/h5,7-8,15,18,20,22-23,28,33-36,38,40-41,43,45,47-50,53H,4,6,9-14H2,1-3H3,(H,51,52)/t15-,18-,20?,22?,23-,28+,33-,34-,35+,36-,38+,39?/m0/s1. The second-order valence-electron chi connectivity index (χ2n) is 15.0. The number of methoxy groups -OCH3 is 1. The zero-order chi connectivity index (χ0) is 43.1. The molecular weight excluding hydrogens is 786 g/mol. The van der Waals surface area contributed by atoms with Crippen LogP contribution in [-0.2, 0) is 39.7 Å². The number of aliphatic hydroxyl groups excluding tert-OH is 5. The molecule has 2 heterocycles. The number of carboxylic acid groups (broad SMARTS) is 1. The molecule has 0 spiro atoms. The Kier molecular flexibility index (Phi) is 13.4. The van der Waals surface area contributed by atoms with Gasteiger partial charge in [-0.3, -0.25) is 14.4 Å². The van der Waals surface area contributed by atoms with E-state index in [1.54, 1.807) is 13.8 Å². The Labute approximate surface area is 336 Å². The SMILES string of the molecule is CCOC(CCCN[C@H]1C[C@H](OC2CC(O)(C(=O)CO)Cc3c(O)c4c(c(O)c32)C(=O)c2c(OC)cccc2C4=O)O[C@@H](C)[C@H]1O)O[C@@H]1O[C@H](C(=O)O)[C@@H](O)[C@H](O)[C@H]1O. The average Bonchev–Trinajstić information content (AvgIpc) is 3.20. The molecule has 59 heavy (non-hydrogen) atoms. The molecule has 0 saturated carbocycles. The Morgan fingerprint density at radius 1 is 0.983 bits per heavy atom. The third-order valence-corrected chi connectivity index (χ3v) is 11.2. The van der Waals surface area contributed by atoms with Gasteiger partial charge in [-0.1, -0.05) is 12.1 Å². The Hall–Kier alpha value is -4.16. The number of rotatable bonds is 15. The maximum absolute atomic E-state index is 14.0. The second kappa shape index (κ2) is 17.8. The van der Waals surface area contributed by atoms with Crippen LogP contribution in [0, 0.1) is 0 Å². The van der Waals surface area contributed by atoms with Gasteiger partial charge in [0.15, 0.2) is 36.5 Å². The highest BCUT2D eigenvalue weighted by atomic mass is 16.8. The summed E-state index contributed by atoms with van der Waals surface area (Å²) in [5.74, 6) is -5.70. The summed E-state index contributed by atoms with van der Waals surface area (Å²) >= 11 is 0. The van der Waals surface area contributed by atoms with Crippen molar-refractivity contribution in [3.8, 4) is 17.2 Å². The Balaban J connectivity index is 1.20. The molecule has 2 aromatic carbocycles. The van der Waals surface area contributed by atoms with Gasteiger partial charge >= 0.3 is 5.97 Å². The van der Waals surface area contributed by atoms with Crippen molar-refractivity contribution < 1.29 is 93.6 Å². The summed E-state index contributed by atoms with van der Waals surface area (Å²) in [7, 11) is 1.30. The van der Waals surface area contributed by atoms with Crippen molar-refractivity contribution in [3.63, 3.8) is 0 Å². The maximum Gasteiger partial charge on any atom is 0.335 e. The van der Waals surface area contributed by atoms with E-state index in [1.807, 2.05) is 0 Å². The van der Waals surface area contributed by atoms with Crippen molar-refractivity contribution in [3.05, 3.63) is 51.6 Å². The van der Waals surface area contributed by atoms with Crippen molar-refractivity contribution in [2.45, 2.75) is 119 Å². The predicted octanol–water partition coefficient (Wildman–Crippen LogP) is -1.32. The van der Waals surface area contributed by atoms with Crippen LogP contribution in [0.2, 0.25) is 0 Å². The first kappa shape index (κ1) is 44.4. The van der Waals surface area contributed by atoms with E-state index in [2.05, 4.69) is 5.32 Å². The molecule has 2 aromatic rings. The van der Waals surface area contributed by atoms with Crippen LogP contribution in [0.5, 0.6) is 17.2 Å². The summed E-state index contributed by atoms with van der Waals surface area (Å²) < 4.78 is 34.0. The Bertz CT molecular complexity index is 1940. The topological polar surface area (TPSA) is 318 Å². The van der Waals surface area contributed by atoms with Gasteiger partial charge in [0.2, 0.25) is 5.78 Å². The zero-order valence-electron chi connectivity index (χ0n) is 32.3. The first-order chi connectivity index (χ1) is 28.0. The first-order valence-electron chi connectivity index (χ1n) is 19.1. The highest BCUT2D eigenvalue weighted by Crippen LogP contribution is 2.52. The molecule has 20 nitrogen and oxygen atoms in total. The molecule has 2 fully saturated rings. The van der Waals surface area contributed by atoms with Gasteiger partial charge in [-0.2, -0.15) is 0 Å². The number of carbonyl (C=O) groups excluding carboxylic acids is 3. The third-order valence-electron chi connectivity index (χ3n) is 11.2. The molecule has 0 amide bonds. The number of ether oxygens (including phenoxy) is 6. The normalized spacial score (nSPS) is 32.2. The van der Waals surface area contributed by atoms with E-state index < -0.39 is 139 Å². The van der Waals surface area contributed by atoms with E-state index in [4.69, 9.17) is 28.4 Å². The summed E-state index contributed by atoms with van der Waals surface area (Å²) in [5.41, 5.74) is -4.10. The van der Waals surface area contributed by atoms with Crippen molar-refractivity contribution in [1.29, 1.82) is 0 Å². The minimum atomic E-state index is -2.35. The summed E-state index contributed by atoms with van der Waals surface area (Å²) in [5, 5.41) is 98.8. The molecule has 324 valence electrons. The number of aromatic hydroxyl groups is 2. The van der Waals surface area contributed by atoms with Gasteiger partial charge in [0.05, 0.1) is 42.1 Å². The second-order valence-corrected chi connectivity index (χ2v) is 15.0. The summed E-state index contributed by atoms with van der Waals surface area (Å²) in [6.45, 7) is 2.51. The van der Waals surface area contributed by atoms with E-state index in [9.17, 15) is 65.1 Å². The van der Waals surface area contributed by atoms with E-state index in [0.29, 0.717) is 6.42 Å². The molecule has 0 bridgehead atoms. The van der Waals surface area contributed by atoms with Gasteiger partial charge in [0, 0.05) is 48.6 Å². The molecule has 3 unspecified atom stereocenters. The number of aliphatic hydroxyl groups is 6. The van der Waals surface area contributed by atoms with Crippen LogP contribution in [0.1, 0.15) is 88.6 Å². The summed E-state index contributed by atoms with van der Waals surface area (Å²) in [6, 6.07) is 3.58. The molecule has 10 N–H and O–H groups in total. The van der Waals surface area contributed by atoms with Crippen LogP contribution in [0.15, 0.2) is 18.2 Å². The number of ketones is 3. The van der Waals surface area contributed by atoms with Crippen LogP contribution in [-0.4, -0.2) is 163 Å². The maximum atomic E-state index is 14.0. The van der Waals surface area contributed by atoms with E-state index in [0.717, 1.165) is 0 Å². The van der Waals surface area contributed by atoms with Gasteiger partial charge in [-0.25, -0.2) is 4.79 Å². The number of Topliss-reactive ketones (excluding diaryl/α,β-unsaturated/α-hetero) is 1. The number of phenols is 2. The Morgan fingerprint density at radius 3 is 2.36 bits per heavy atom. The lowest BCUT2D eigenvalue weighted by Crippen LogP contribution is -2.60. The fourth-order valence-electron chi connectivity index (χ4n) is 8.17. The molecular formula is C39H49NO19. The quantitative estimate of drug-likeness (QED) is 0.0482. The number of carboxylic acids is 1. The number of carbonyl (C=O) groups is 4.